The number of carbonyl (C=O) groups is 2. The third-order valence-electron chi connectivity index (χ3n) is 11.8. The summed E-state index contributed by atoms with van der Waals surface area (Å²) < 4.78 is 43.1. The predicted molar refractivity (Wildman–Crippen MR) is 256 cm³/mol. The molecule has 0 saturated heterocycles. The number of methoxy groups -OCH3 is 2. The van der Waals surface area contributed by atoms with E-state index in [1.807, 2.05) is 60.9 Å². The van der Waals surface area contributed by atoms with E-state index in [0.29, 0.717) is 28.4 Å². The molecular weight excluding hydrogens is 919 g/mol. The third kappa shape index (κ3) is 9.03. The number of esters is 1. The Hall–Kier alpha value is -7.25. The van der Waals surface area contributed by atoms with Gasteiger partial charge in [-0.2, -0.15) is 9.13 Å². The molecule has 6 heterocycles. The Morgan fingerprint density at radius 1 is 0.582 bits per heavy atom. The molecule has 0 atom stereocenters. The maximum absolute atomic E-state index is 12.8. The van der Waals surface area contributed by atoms with Crippen LogP contribution in [0.25, 0.3) is 44.1 Å². The molecule has 6 aromatic carbocycles. The van der Waals surface area contributed by atoms with Crippen LogP contribution in [-0.2, 0) is 25.9 Å². The first-order valence-corrected chi connectivity index (χ1v) is 21.3. The van der Waals surface area contributed by atoms with Gasteiger partial charge in [-0.15, -0.1) is 24.8 Å². The number of hydrogen-bond acceptors (Lipinski definition) is 10. The molecule has 0 amide bonds. The first-order chi connectivity index (χ1) is 31.8. The van der Waals surface area contributed by atoms with Crippen LogP contribution >= 0.6 is 36.4 Å². The molecule has 2 aromatic heterocycles. The van der Waals surface area contributed by atoms with Gasteiger partial charge in [-0.05, 0) is 94.2 Å². The number of carbonyl (C=O) groups excluding carboxylic acids is 2. The van der Waals surface area contributed by atoms with Crippen molar-refractivity contribution in [2.45, 2.75) is 25.9 Å². The van der Waals surface area contributed by atoms with E-state index < -0.39 is 11.2 Å². The lowest BCUT2D eigenvalue weighted by molar-refractivity contribution is -0.686. The molecule has 12 nitrogen and oxygen atoms in total. The second-order valence-electron chi connectivity index (χ2n) is 15.5. The van der Waals surface area contributed by atoms with Crippen LogP contribution in [0, 0.1) is 0 Å². The average molecular weight is 962 g/mol. The fourth-order valence-corrected chi connectivity index (χ4v) is 8.66. The van der Waals surface area contributed by atoms with E-state index >= 15 is 0 Å². The number of phenols is 1. The van der Waals surface area contributed by atoms with E-state index in [2.05, 4.69) is 39.5 Å². The smallest absolute Gasteiger partial charge is 0.343 e. The van der Waals surface area contributed by atoms with Crippen LogP contribution in [0.4, 0.5) is 0 Å². The van der Waals surface area contributed by atoms with E-state index in [4.69, 9.17) is 44.8 Å². The Bertz CT molecular complexity index is 3190. The third-order valence-corrected chi connectivity index (χ3v) is 12.0. The number of hydrogen-bond donors (Lipinski definition) is 1. The van der Waals surface area contributed by atoms with E-state index in [0.717, 1.165) is 93.0 Å². The van der Waals surface area contributed by atoms with Crippen molar-refractivity contribution in [3.8, 4) is 68.5 Å². The molecule has 0 unspecified atom stereocenters. The molecule has 4 aliphatic rings. The Kier molecular flexibility index (Phi) is 13.6. The zero-order valence-electron chi connectivity index (χ0n) is 36.2. The van der Waals surface area contributed by atoms with Gasteiger partial charge in [0.25, 0.3) is 5.24 Å². The van der Waals surface area contributed by atoms with Gasteiger partial charge in [0.15, 0.2) is 71.5 Å². The van der Waals surface area contributed by atoms with Crippen molar-refractivity contribution < 1.29 is 57.0 Å². The number of pyridine rings is 2. The molecular formula is C52H43Cl3N2O10+2. The van der Waals surface area contributed by atoms with Gasteiger partial charge in [0.2, 0.25) is 25.0 Å². The second kappa shape index (κ2) is 19.7. The summed E-state index contributed by atoms with van der Waals surface area (Å²) >= 11 is 5.16. The highest BCUT2D eigenvalue weighted by Crippen LogP contribution is 2.43. The van der Waals surface area contributed by atoms with Crippen molar-refractivity contribution in [1.29, 1.82) is 0 Å². The number of rotatable bonds is 5. The van der Waals surface area contributed by atoms with Gasteiger partial charge < -0.3 is 38.3 Å². The highest BCUT2D eigenvalue weighted by molar-refractivity contribution is 6.67. The SMILES string of the molecule is COc1ccc2cc3[n+](cc2c1O)CCc1cc2c(cc1-3)OCO2.COc1ccc2cc3[n+](cc2c1OC(=O)c1ccccc1)CCc1cc2c(cc1-3)OCO2.Cl.Cl.O=C(Cl)c1ccccc1. The van der Waals surface area contributed by atoms with Crippen molar-refractivity contribution >= 4 is 69.2 Å². The molecule has 12 rings (SSSR count). The van der Waals surface area contributed by atoms with Crippen LogP contribution in [0.2, 0.25) is 0 Å². The Morgan fingerprint density at radius 3 is 1.54 bits per heavy atom. The zero-order chi connectivity index (χ0) is 44.6. The predicted octanol–water partition coefficient (Wildman–Crippen LogP) is 10.0. The Balaban J connectivity index is 0.000000153. The molecule has 4 aliphatic heterocycles. The first-order valence-electron chi connectivity index (χ1n) is 20.9. The van der Waals surface area contributed by atoms with Crippen LogP contribution in [0.5, 0.6) is 46.0 Å². The van der Waals surface area contributed by atoms with E-state index in [9.17, 15) is 14.7 Å². The minimum absolute atomic E-state index is 0. The molecule has 1 N–H and O–H groups in total. The lowest BCUT2D eigenvalue weighted by Gasteiger charge is -2.17. The minimum atomic E-state index is -0.419. The molecule has 0 bridgehead atoms. The number of aromatic nitrogens is 2. The molecule has 0 radical (unpaired) electrons. The van der Waals surface area contributed by atoms with Gasteiger partial charge in [0.1, 0.15) is 0 Å². The number of nitrogens with zero attached hydrogens (tertiary/aromatic N) is 2. The highest BCUT2D eigenvalue weighted by Gasteiger charge is 2.31. The number of ether oxygens (including phenoxy) is 7. The van der Waals surface area contributed by atoms with Gasteiger partial charge >= 0.3 is 5.97 Å². The summed E-state index contributed by atoms with van der Waals surface area (Å²) in [6, 6.07) is 37.7. The van der Waals surface area contributed by atoms with Crippen molar-refractivity contribution in [3.05, 3.63) is 156 Å². The molecule has 0 fully saturated rings. The average Bonchev–Trinajstić information content (AvgIpc) is 4.02. The molecule has 0 aliphatic carbocycles. The van der Waals surface area contributed by atoms with Crippen LogP contribution in [0.1, 0.15) is 31.8 Å². The molecule has 0 saturated carbocycles. The summed E-state index contributed by atoms with van der Waals surface area (Å²) in [5, 5.41) is 13.5. The molecule has 340 valence electrons. The Morgan fingerprint density at radius 2 is 1.04 bits per heavy atom. The normalized spacial score (nSPS) is 12.8. The highest BCUT2D eigenvalue weighted by atomic mass is 35.5. The summed E-state index contributed by atoms with van der Waals surface area (Å²) in [4.78, 5) is 23.2. The lowest BCUT2D eigenvalue weighted by Crippen LogP contribution is -2.40. The van der Waals surface area contributed by atoms with E-state index in [1.165, 1.54) is 11.1 Å². The number of phenolic OH excluding ortho intramolecular Hbond substituents is 1. The number of benzene rings is 6. The summed E-state index contributed by atoms with van der Waals surface area (Å²) in [7, 11) is 3.14. The van der Waals surface area contributed by atoms with Gasteiger partial charge in [-0.3, -0.25) is 4.79 Å². The number of fused-ring (bicyclic) bond motifs is 10. The summed E-state index contributed by atoms with van der Waals surface area (Å²) in [5.41, 5.74) is 8.01. The van der Waals surface area contributed by atoms with Crippen molar-refractivity contribution in [3.63, 3.8) is 0 Å². The van der Waals surface area contributed by atoms with Crippen molar-refractivity contribution in [2.75, 3.05) is 27.8 Å². The molecule has 15 heteroatoms. The van der Waals surface area contributed by atoms with Crippen molar-refractivity contribution in [1.82, 2.24) is 0 Å². The second-order valence-corrected chi connectivity index (χ2v) is 15.9. The zero-order valence-corrected chi connectivity index (χ0v) is 38.5. The first kappa shape index (κ1) is 46.3. The van der Waals surface area contributed by atoms with Crippen LogP contribution in [0.3, 0.4) is 0 Å². The topological polar surface area (TPSA) is 127 Å². The van der Waals surface area contributed by atoms with Crippen LogP contribution in [-0.4, -0.2) is 44.1 Å². The van der Waals surface area contributed by atoms with E-state index in [-0.39, 0.29) is 44.1 Å². The standard InChI is InChI=1S/C26H20NO5.C19H15NO4.C7H5ClO.2ClH/c1-29-22-8-7-17-11-21-19-13-24-23(30-15-31-24)12-18(19)9-10-27(21)14-20(17)25(22)32-26(28)16-5-3-2-4-6-16;1-22-16-3-2-11-6-15-13-8-18-17(23-10-24-18)7-12(13)4-5-20(15)9-14(11)19(16)21;8-7(9)6-4-2-1-3-5-6;;/h2-8,11-14H,9-10,15H2,1H3;2-3,6-9H,4-5,10H2,1H3;1-5H;2*1H/q+1;;;;/p+1. The van der Waals surface area contributed by atoms with Crippen LogP contribution in [0.15, 0.2) is 134 Å². The summed E-state index contributed by atoms with van der Waals surface area (Å²) in [6.07, 6.45) is 5.82. The van der Waals surface area contributed by atoms with Gasteiger partial charge in [0.05, 0.1) is 41.7 Å². The number of halogens is 3. The minimum Gasteiger partial charge on any atom is -0.504 e. The van der Waals surface area contributed by atoms with E-state index in [1.54, 1.807) is 56.7 Å². The van der Waals surface area contributed by atoms with Gasteiger partial charge in [-0.1, -0.05) is 48.5 Å². The molecule has 67 heavy (non-hydrogen) atoms. The maximum Gasteiger partial charge on any atom is 0.343 e. The lowest BCUT2D eigenvalue weighted by atomic mass is 9.95. The van der Waals surface area contributed by atoms with Gasteiger partial charge in [0, 0.05) is 30.5 Å². The molecule has 8 aromatic rings. The Labute approximate surface area is 402 Å². The maximum atomic E-state index is 12.8. The van der Waals surface area contributed by atoms with Crippen LogP contribution < -0.4 is 42.3 Å². The summed E-state index contributed by atoms with van der Waals surface area (Å²) in [6.45, 7) is 2.20. The number of aromatic hydroxyl groups is 1. The summed E-state index contributed by atoms with van der Waals surface area (Å²) in [5.74, 6) is 4.38. The quantitative estimate of drug-likeness (QED) is 0.0771. The van der Waals surface area contributed by atoms with Gasteiger partial charge in [-0.25, -0.2) is 4.79 Å². The monoisotopic (exact) mass is 960 g/mol. The fraction of sp³-hybridized carbons (Fsp3) is 0.154. The molecule has 0 spiro atoms. The van der Waals surface area contributed by atoms with Crippen molar-refractivity contribution in [2.24, 2.45) is 0 Å². The fourth-order valence-electron chi connectivity index (χ4n) is 8.53. The number of aryl methyl sites for hydroxylation is 4. The largest absolute Gasteiger partial charge is 0.504 e.